The minimum absolute atomic E-state index is 0.00708. The largest absolute Gasteiger partial charge is 0.383 e. The van der Waals surface area contributed by atoms with Gasteiger partial charge in [0.25, 0.3) is 0 Å². The van der Waals surface area contributed by atoms with E-state index in [4.69, 9.17) is 4.74 Å². The van der Waals surface area contributed by atoms with Crippen LogP contribution in [-0.4, -0.2) is 37.3 Å². The lowest BCUT2D eigenvalue weighted by Crippen LogP contribution is -2.30. The van der Waals surface area contributed by atoms with Crippen molar-refractivity contribution >= 4 is 5.91 Å². The summed E-state index contributed by atoms with van der Waals surface area (Å²) in [5.41, 5.74) is 1.19. The Morgan fingerprint density at radius 2 is 2.35 bits per heavy atom. The van der Waals surface area contributed by atoms with E-state index in [1.54, 1.807) is 7.11 Å². The fourth-order valence-electron chi connectivity index (χ4n) is 1.48. The van der Waals surface area contributed by atoms with Crippen LogP contribution in [0.2, 0.25) is 0 Å². The summed E-state index contributed by atoms with van der Waals surface area (Å²) in [5.74, 6) is 0.00708. The standard InChI is InChI=1S/C12H21N3O2/c1-3-13-8-11-4-6-15(9-11)10-12(16)14-5-7-17-2/h4,6,9,13H,3,5,7-8,10H2,1-2H3,(H,14,16). The Balaban J connectivity index is 2.30. The lowest BCUT2D eigenvalue weighted by Gasteiger charge is -2.05. The van der Waals surface area contributed by atoms with Crippen molar-refractivity contribution in [2.75, 3.05) is 26.8 Å². The Hall–Kier alpha value is -1.33. The van der Waals surface area contributed by atoms with Gasteiger partial charge in [0.2, 0.25) is 5.91 Å². The molecule has 1 rings (SSSR count). The van der Waals surface area contributed by atoms with Gasteiger partial charge in [0.15, 0.2) is 0 Å². The van der Waals surface area contributed by atoms with Gasteiger partial charge in [-0.15, -0.1) is 0 Å². The second-order valence-electron chi connectivity index (χ2n) is 3.82. The van der Waals surface area contributed by atoms with Gasteiger partial charge in [-0.3, -0.25) is 4.79 Å². The molecule has 2 N–H and O–H groups in total. The number of amides is 1. The molecule has 96 valence electrons. The third-order valence-electron chi connectivity index (χ3n) is 2.35. The second kappa shape index (κ2) is 7.86. The zero-order chi connectivity index (χ0) is 12.5. The number of ether oxygens (including phenoxy) is 1. The van der Waals surface area contributed by atoms with Crippen molar-refractivity contribution in [1.82, 2.24) is 15.2 Å². The third-order valence-corrected chi connectivity index (χ3v) is 2.35. The zero-order valence-electron chi connectivity index (χ0n) is 10.5. The predicted octanol–water partition coefficient (Wildman–Crippen LogP) is 0.360. The Labute approximate surface area is 102 Å². The van der Waals surface area contributed by atoms with Crippen LogP contribution in [0.15, 0.2) is 18.5 Å². The van der Waals surface area contributed by atoms with Gasteiger partial charge in [0, 0.05) is 32.6 Å². The molecule has 1 heterocycles. The van der Waals surface area contributed by atoms with Crippen molar-refractivity contribution in [3.8, 4) is 0 Å². The SMILES string of the molecule is CCNCc1ccn(CC(=O)NCCOC)c1. The molecule has 0 bridgehead atoms. The molecule has 17 heavy (non-hydrogen) atoms. The predicted molar refractivity (Wildman–Crippen MR) is 66.7 cm³/mol. The Bertz CT molecular complexity index is 336. The molecule has 0 aliphatic rings. The summed E-state index contributed by atoms with van der Waals surface area (Å²) in [4.78, 5) is 11.5. The average molecular weight is 239 g/mol. The number of rotatable bonds is 8. The summed E-state index contributed by atoms with van der Waals surface area (Å²) in [6.45, 7) is 5.32. The molecular weight excluding hydrogens is 218 g/mol. The number of hydrogen-bond donors (Lipinski definition) is 2. The van der Waals surface area contributed by atoms with E-state index in [0.29, 0.717) is 19.7 Å². The quantitative estimate of drug-likeness (QED) is 0.644. The molecule has 0 aromatic carbocycles. The van der Waals surface area contributed by atoms with Gasteiger partial charge in [-0.25, -0.2) is 0 Å². The number of nitrogens with zero attached hydrogens (tertiary/aromatic N) is 1. The summed E-state index contributed by atoms with van der Waals surface area (Å²) in [7, 11) is 1.62. The first kappa shape index (κ1) is 13.7. The van der Waals surface area contributed by atoms with E-state index >= 15 is 0 Å². The molecule has 0 saturated carbocycles. The zero-order valence-corrected chi connectivity index (χ0v) is 10.5. The number of aromatic nitrogens is 1. The van der Waals surface area contributed by atoms with Crippen LogP contribution in [0.25, 0.3) is 0 Å². The normalized spacial score (nSPS) is 10.5. The fourth-order valence-corrected chi connectivity index (χ4v) is 1.48. The summed E-state index contributed by atoms with van der Waals surface area (Å²) in [6, 6.07) is 2.02. The van der Waals surface area contributed by atoms with Crippen molar-refractivity contribution in [3.63, 3.8) is 0 Å². The van der Waals surface area contributed by atoms with E-state index in [1.807, 2.05) is 23.0 Å². The lowest BCUT2D eigenvalue weighted by atomic mass is 10.3. The number of carbonyl (C=O) groups is 1. The van der Waals surface area contributed by atoms with Crippen molar-refractivity contribution in [3.05, 3.63) is 24.0 Å². The number of methoxy groups -OCH3 is 1. The molecule has 0 saturated heterocycles. The van der Waals surface area contributed by atoms with Gasteiger partial charge in [0.05, 0.1) is 6.61 Å². The molecule has 0 radical (unpaired) electrons. The van der Waals surface area contributed by atoms with Gasteiger partial charge in [0.1, 0.15) is 6.54 Å². The van der Waals surface area contributed by atoms with Gasteiger partial charge >= 0.3 is 0 Å². The van der Waals surface area contributed by atoms with Gasteiger partial charge in [-0.1, -0.05) is 6.92 Å². The molecule has 1 aromatic rings. The van der Waals surface area contributed by atoms with Crippen LogP contribution in [0.1, 0.15) is 12.5 Å². The fraction of sp³-hybridized carbons (Fsp3) is 0.583. The van der Waals surface area contributed by atoms with E-state index < -0.39 is 0 Å². The molecule has 0 aliphatic heterocycles. The van der Waals surface area contributed by atoms with Crippen LogP contribution in [0, 0.1) is 0 Å². The third kappa shape index (κ3) is 5.51. The number of carbonyl (C=O) groups excluding carboxylic acids is 1. The topological polar surface area (TPSA) is 55.3 Å². The number of hydrogen-bond acceptors (Lipinski definition) is 3. The average Bonchev–Trinajstić information content (AvgIpc) is 2.74. The van der Waals surface area contributed by atoms with Crippen molar-refractivity contribution < 1.29 is 9.53 Å². The molecule has 0 fully saturated rings. The molecule has 0 unspecified atom stereocenters. The molecule has 5 heteroatoms. The first-order valence-corrected chi connectivity index (χ1v) is 5.87. The summed E-state index contributed by atoms with van der Waals surface area (Å²) in [6.07, 6.45) is 3.90. The van der Waals surface area contributed by atoms with Crippen LogP contribution >= 0.6 is 0 Å². The Morgan fingerprint density at radius 3 is 3.06 bits per heavy atom. The van der Waals surface area contributed by atoms with Crippen LogP contribution < -0.4 is 10.6 Å². The van der Waals surface area contributed by atoms with Gasteiger partial charge in [-0.2, -0.15) is 0 Å². The first-order chi connectivity index (χ1) is 8.26. The van der Waals surface area contributed by atoms with Crippen molar-refractivity contribution in [1.29, 1.82) is 0 Å². The van der Waals surface area contributed by atoms with E-state index in [-0.39, 0.29) is 5.91 Å². The molecular formula is C12H21N3O2. The highest BCUT2D eigenvalue weighted by Gasteiger charge is 2.02. The van der Waals surface area contributed by atoms with Gasteiger partial charge < -0.3 is 19.9 Å². The van der Waals surface area contributed by atoms with Crippen LogP contribution in [-0.2, 0) is 22.6 Å². The molecule has 1 aromatic heterocycles. The van der Waals surface area contributed by atoms with E-state index in [0.717, 1.165) is 13.1 Å². The second-order valence-corrected chi connectivity index (χ2v) is 3.82. The summed E-state index contributed by atoms with van der Waals surface area (Å²) < 4.78 is 6.74. The maximum Gasteiger partial charge on any atom is 0.239 e. The molecule has 1 amide bonds. The highest BCUT2D eigenvalue weighted by atomic mass is 16.5. The Morgan fingerprint density at radius 1 is 1.53 bits per heavy atom. The number of nitrogens with one attached hydrogen (secondary N) is 2. The van der Waals surface area contributed by atoms with Crippen molar-refractivity contribution in [2.45, 2.75) is 20.0 Å². The summed E-state index contributed by atoms with van der Waals surface area (Å²) >= 11 is 0. The maximum absolute atomic E-state index is 11.5. The Kier molecular flexibility index (Phi) is 6.35. The summed E-state index contributed by atoms with van der Waals surface area (Å²) in [5, 5.41) is 6.03. The first-order valence-electron chi connectivity index (χ1n) is 5.87. The van der Waals surface area contributed by atoms with Crippen LogP contribution in [0.5, 0.6) is 0 Å². The minimum Gasteiger partial charge on any atom is -0.383 e. The van der Waals surface area contributed by atoms with E-state index in [1.165, 1.54) is 5.56 Å². The van der Waals surface area contributed by atoms with E-state index in [9.17, 15) is 4.79 Å². The van der Waals surface area contributed by atoms with Crippen molar-refractivity contribution in [2.24, 2.45) is 0 Å². The van der Waals surface area contributed by atoms with Crippen LogP contribution in [0.4, 0.5) is 0 Å². The van der Waals surface area contributed by atoms with E-state index in [2.05, 4.69) is 17.6 Å². The lowest BCUT2D eigenvalue weighted by molar-refractivity contribution is -0.121. The molecule has 5 nitrogen and oxygen atoms in total. The van der Waals surface area contributed by atoms with Crippen LogP contribution in [0.3, 0.4) is 0 Å². The molecule has 0 spiro atoms. The minimum atomic E-state index is 0.00708. The van der Waals surface area contributed by atoms with Gasteiger partial charge in [-0.05, 0) is 18.2 Å². The smallest absolute Gasteiger partial charge is 0.239 e. The maximum atomic E-state index is 11.5. The molecule has 0 aliphatic carbocycles. The monoisotopic (exact) mass is 239 g/mol. The molecule has 0 atom stereocenters. The highest BCUT2D eigenvalue weighted by Crippen LogP contribution is 2.00. The highest BCUT2D eigenvalue weighted by molar-refractivity contribution is 5.75.